The largest absolute Gasteiger partial charge is 0.368 e. The minimum Gasteiger partial charge on any atom is -0.368 e. The normalized spacial score (nSPS) is 16.5. The molecule has 4 aromatic rings. The molecule has 0 radical (unpaired) electrons. The van der Waals surface area contributed by atoms with Crippen molar-refractivity contribution in [1.29, 1.82) is 0 Å². The van der Waals surface area contributed by atoms with Crippen LogP contribution in [0.5, 0.6) is 0 Å². The molecule has 4 N–H and O–H groups in total. The van der Waals surface area contributed by atoms with Gasteiger partial charge in [0.1, 0.15) is 0 Å². The van der Waals surface area contributed by atoms with Gasteiger partial charge in [-0.3, -0.25) is 24.7 Å². The first-order chi connectivity index (χ1) is 21.6. The first-order valence-electron chi connectivity index (χ1n) is 14.2. The number of nitrogens with one attached hydrogen (secondary N) is 2. The van der Waals surface area contributed by atoms with Crippen molar-refractivity contribution in [2.24, 2.45) is 0 Å². The third-order valence-corrected chi connectivity index (χ3v) is 10.6. The highest BCUT2D eigenvalue weighted by molar-refractivity contribution is 7.89. The Balaban J connectivity index is 1.03. The zero-order chi connectivity index (χ0) is 31.7. The number of carbonyl (C=O) groups excluding carboxylic acids is 3. The lowest BCUT2D eigenvalue weighted by Crippen LogP contribution is -2.49. The van der Waals surface area contributed by atoms with Gasteiger partial charge in [-0.25, -0.2) is 13.2 Å². The number of nitrogens with two attached hydrogens (primary N) is 1. The van der Waals surface area contributed by atoms with Gasteiger partial charge in [0.05, 0.1) is 9.77 Å². The van der Waals surface area contributed by atoms with Gasteiger partial charge in [0, 0.05) is 57.1 Å². The van der Waals surface area contributed by atoms with Crippen LogP contribution in [0.1, 0.15) is 27.2 Å². The van der Waals surface area contributed by atoms with E-state index in [1.54, 1.807) is 12.1 Å². The summed E-state index contributed by atoms with van der Waals surface area (Å²) >= 11 is 1.30. The molecule has 0 atom stereocenters. The molecular formula is C29H31N9O5S2. The van der Waals surface area contributed by atoms with Crippen molar-refractivity contribution in [2.75, 3.05) is 48.7 Å². The van der Waals surface area contributed by atoms with Gasteiger partial charge >= 0.3 is 6.03 Å². The SMILES string of the molecule is Cc1ccsc1C(=O)n1nc(Nc2ccc(S(=O)(=O)N3CCN(Cc4ccc(N5CCC(=O)NC5=O)cc4)CC3)cc2)nc1N. The van der Waals surface area contributed by atoms with Crippen LogP contribution in [0.2, 0.25) is 0 Å². The predicted molar refractivity (Wildman–Crippen MR) is 169 cm³/mol. The van der Waals surface area contributed by atoms with Gasteiger partial charge in [0.25, 0.3) is 5.91 Å². The number of hydrogen-bond donors (Lipinski definition) is 3. The van der Waals surface area contributed by atoms with Gasteiger partial charge < -0.3 is 11.1 Å². The number of thiophene rings is 1. The number of sulfonamides is 1. The molecule has 14 nitrogen and oxygen atoms in total. The van der Waals surface area contributed by atoms with Crippen molar-refractivity contribution < 1.29 is 22.8 Å². The molecule has 2 aliphatic rings. The summed E-state index contributed by atoms with van der Waals surface area (Å²) in [6.07, 6.45) is 0.264. The van der Waals surface area contributed by atoms with E-state index in [0.717, 1.165) is 21.5 Å². The van der Waals surface area contributed by atoms with Crippen LogP contribution in [0.15, 0.2) is 64.9 Å². The number of piperazine rings is 1. The summed E-state index contributed by atoms with van der Waals surface area (Å²) in [5.41, 5.74) is 9.05. The van der Waals surface area contributed by atoms with E-state index in [-0.39, 0.29) is 35.0 Å². The van der Waals surface area contributed by atoms with E-state index in [0.29, 0.717) is 49.8 Å². The molecular weight excluding hydrogens is 619 g/mol. The zero-order valence-electron chi connectivity index (χ0n) is 24.3. The summed E-state index contributed by atoms with van der Waals surface area (Å²) in [7, 11) is -3.71. The molecule has 0 saturated carbocycles. The summed E-state index contributed by atoms with van der Waals surface area (Å²) in [5, 5.41) is 11.3. The van der Waals surface area contributed by atoms with Crippen LogP contribution in [0.3, 0.4) is 0 Å². The molecule has 45 heavy (non-hydrogen) atoms. The summed E-state index contributed by atoms with van der Waals surface area (Å²) in [4.78, 5) is 44.8. The van der Waals surface area contributed by atoms with Crippen LogP contribution in [-0.2, 0) is 21.4 Å². The number of imide groups is 1. The van der Waals surface area contributed by atoms with Crippen molar-refractivity contribution in [3.05, 3.63) is 76.0 Å². The average Bonchev–Trinajstić information content (AvgIpc) is 3.62. The second-order valence-corrected chi connectivity index (χ2v) is 13.5. The van der Waals surface area contributed by atoms with Gasteiger partial charge in [0.15, 0.2) is 0 Å². The number of hydrogen-bond acceptors (Lipinski definition) is 11. The molecule has 2 aromatic heterocycles. The van der Waals surface area contributed by atoms with Crippen LogP contribution < -0.4 is 21.3 Å². The van der Waals surface area contributed by atoms with E-state index < -0.39 is 16.1 Å². The van der Waals surface area contributed by atoms with E-state index in [2.05, 4.69) is 25.6 Å². The van der Waals surface area contributed by atoms with Gasteiger partial charge in [0.2, 0.25) is 27.8 Å². The maximum absolute atomic E-state index is 13.4. The van der Waals surface area contributed by atoms with E-state index in [1.165, 1.54) is 32.7 Å². The Morgan fingerprint density at radius 1 is 1.00 bits per heavy atom. The average molecular weight is 650 g/mol. The number of benzene rings is 2. The first kappa shape index (κ1) is 30.4. The van der Waals surface area contributed by atoms with Crippen molar-refractivity contribution in [1.82, 2.24) is 29.3 Å². The van der Waals surface area contributed by atoms with E-state index in [1.807, 2.05) is 42.6 Å². The van der Waals surface area contributed by atoms with E-state index >= 15 is 0 Å². The number of aromatic nitrogens is 3. The molecule has 2 saturated heterocycles. The quantitative estimate of drug-likeness (QED) is 0.257. The zero-order valence-corrected chi connectivity index (χ0v) is 26.0. The third-order valence-electron chi connectivity index (χ3n) is 7.67. The smallest absolute Gasteiger partial charge is 0.328 e. The fraction of sp³-hybridized carbons (Fsp3) is 0.276. The number of anilines is 4. The maximum Gasteiger partial charge on any atom is 0.328 e. The number of carbonyl (C=O) groups is 3. The second-order valence-electron chi connectivity index (χ2n) is 10.7. The molecule has 4 heterocycles. The molecule has 0 bridgehead atoms. The van der Waals surface area contributed by atoms with Crippen molar-refractivity contribution in [3.63, 3.8) is 0 Å². The lowest BCUT2D eigenvalue weighted by Gasteiger charge is -2.34. The van der Waals surface area contributed by atoms with Crippen LogP contribution in [0, 0.1) is 6.92 Å². The highest BCUT2D eigenvalue weighted by Gasteiger charge is 2.29. The number of rotatable bonds is 8. The third kappa shape index (κ3) is 6.44. The standard InChI is InChI=1S/C29H31N9O5S2/c1-19-11-17-44-25(19)26(40)38-27(30)33-28(34-38)31-21-4-8-23(9-5-21)45(42,43)36-15-13-35(14-16-36)18-20-2-6-22(7-3-20)37-12-10-24(39)32-29(37)41/h2-9,11,17H,10,12-16,18H2,1H3,(H,32,39,41)(H3,30,31,33,34). The predicted octanol–water partition coefficient (Wildman–Crippen LogP) is 2.62. The van der Waals surface area contributed by atoms with Crippen molar-refractivity contribution in [2.45, 2.75) is 24.8 Å². The molecule has 2 fully saturated rings. The number of urea groups is 1. The number of nitrogen functional groups attached to an aromatic ring is 1. The molecule has 6 rings (SSSR count). The lowest BCUT2D eigenvalue weighted by molar-refractivity contribution is -0.120. The molecule has 234 valence electrons. The van der Waals surface area contributed by atoms with E-state index in [4.69, 9.17) is 5.73 Å². The Bertz CT molecular complexity index is 1850. The summed E-state index contributed by atoms with van der Waals surface area (Å²) in [6.45, 7) is 4.65. The summed E-state index contributed by atoms with van der Waals surface area (Å²) < 4.78 is 29.2. The first-order valence-corrected chi connectivity index (χ1v) is 16.5. The van der Waals surface area contributed by atoms with Gasteiger partial charge in [-0.05, 0) is 65.9 Å². The number of nitrogens with zero attached hydrogens (tertiary/aromatic N) is 6. The summed E-state index contributed by atoms with van der Waals surface area (Å²) in [5.74, 6) is -0.588. The fourth-order valence-corrected chi connectivity index (χ4v) is 7.45. The number of amides is 3. The van der Waals surface area contributed by atoms with Gasteiger partial charge in [-0.1, -0.05) is 12.1 Å². The molecule has 0 aliphatic carbocycles. The minimum absolute atomic E-state index is 0.0594. The summed E-state index contributed by atoms with van der Waals surface area (Å²) in [6, 6.07) is 15.3. The Morgan fingerprint density at radius 2 is 1.71 bits per heavy atom. The van der Waals surface area contributed by atoms with E-state index in [9.17, 15) is 22.8 Å². The molecule has 3 amide bonds. The Morgan fingerprint density at radius 3 is 2.36 bits per heavy atom. The number of aryl methyl sites for hydroxylation is 1. The minimum atomic E-state index is -3.71. The van der Waals surface area contributed by atoms with Crippen molar-refractivity contribution >= 4 is 62.5 Å². The highest BCUT2D eigenvalue weighted by atomic mass is 32.2. The Kier molecular flexibility index (Phi) is 8.37. The highest BCUT2D eigenvalue weighted by Crippen LogP contribution is 2.24. The fourth-order valence-electron chi connectivity index (χ4n) is 5.18. The second kappa shape index (κ2) is 12.4. The van der Waals surface area contributed by atoms with Crippen LogP contribution >= 0.6 is 11.3 Å². The monoisotopic (exact) mass is 649 g/mol. The molecule has 0 spiro atoms. The van der Waals surface area contributed by atoms with Gasteiger partial charge in [-0.2, -0.15) is 14.0 Å². The lowest BCUT2D eigenvalue weighted by atomic mass is 10.1. The molecule has 2 aliphatic heterocycles. The molecule has 2 aromatic carbocycles. The topological polar surface area (TPSA) is 176 Å². The van der Waals surface area contributed by atoms with Crippen LogP contribution in [0.4, 0.5) is 28.1 Å². The van der Waals surface area contributed by atoms with Crippen molar-refractivity contribution in [3.8, 4) is 0 Å². The molecule has 16 heteroatoms. The molecule has 0 unspecified atom stereocenters. The van der Waals surface area contributed by atoms with Crippen LogP contribution in [-0.4, -0.2) is 83.0 Å². The van der Waals surface area contributed by atoms with Gasteiger partial charge in [-0.15, -0.1) is 16.4 Å². The van der Waals surface area contributed by atoms with Crippen LogP contribution in [0.25, 0.3) is 0 Å². The Labute approximate surface area is 263 Å². The Hall–Kier alpha value is -4.64. The maximum atomic E-state index is 13.4.